The van der Waals surface area contributed by atoms with Gasteiger partial charge in [0.15, 0.2) is 0 Å². The van der Waals surface area contributed by atoms with Crippen LogP contribution in [0.15, 0.2) is 24.4 Å². The number of nitrogens with two attached hydrogens (primary N) is 1. The standard InChI is InChI=1S/C18H26N4O3/c19-18(24)22-9-3-4-14(12-22)17(23)21-10-6-16(7-11-21)25-13-15-5-1-2-8-20-15/h1-2,5,8,14,16H,3-4,6-7,9-13H2,(H2,19,24)/t14-/m1/s1. The Morgan fingerprint density at radius 1 is 1.16 bits per heavy atom. The first-order valence-corrected chi connectivity index (χ1v) is 8.98. The van der Waals surface area contributed by atoms with Crippen molar-refractivity contribution >= 4 is 11.9 Å². The van der Waals surface area contributed by atoms with E-state index in [0.29, 0.717) is 32.8 Å². The maximum atomic E-state index is 12.7. The predicted octanol–water partition coefficient (Wildman–Crippen LogP) is 1.38. The molecule has 2 N–H and O–H groups in total. The highest BCUT2D eigenvalue weighted by molar-refractivity contribution is 5.80. The third-order valence-corrected chi connectivity index (χ3v) is 5.03. The molecule has 0 spiro atoms. The Bertz CT molecular complexity index is 587. The Balaban J connectivity index is 1.43. The van der Waals surface area contributed by atoms with Crippen LogP contribution >= 0.6 is 0 Å². The van der Waals surface area contributed by atoms with Gasteiger partial charge in [0.25, 0.3) is 0 Å². The lowest BCUT2D eigenvalue weighted by atomic mass is 9.95. The van der Waals surface area contributed by atoms with E-state index in [-0.39, 0.29) is 17.9 Å². The molecular formula is C18H26N4O3. The van der Waals surface area contributed by atoms with Crippen molar-refractivity contribution in [2.45, 2.75) is 38.4 Å². The number of ether oxygens (including phenoxy) is 1. The Morgan fingerprint density at radius 2 is 1.96 bits per heavy atom. The SMILES string of the molecule is NC(=O)N1CCC[C@@H](C(=O)N2CCC(OCc3ccccn3)CC2)C1. The second kappa shape index (κ2) is 8.29. The first kappa shape index (κ1) is 17.7. The molecule has 0 aliphatic carbocycles. The van der Waals surface area contributed by atoms with E-state index in [9.17, 15) is 9.59 Å². The Morgan fingerprint density at radius 3 is 2.64 bits per heavy atom. The van der Waals surface area contributed by atoms with Crippen molar-refractivity contribution in [3.8, 4) is 0 Å². The van der Waals surface area contributed by atoms with Crippen LogP contribution in [0.1, 0.15) is 31.4 Å². The zero-order valence-corrected chi connectivity index (χ0v) is 14.5. The summed E-state index contributed by atoms with van der Waals surface area (Å²) in [6, 6.07) is 5.36. The van der Waals surface area contributed by atoms with Gasteiger partial charge >= 0.3 is 6.03 Å². The van der Waals surface area contributed by atoms with E-state index in [2.05, 4.69) is 4.98 Å². The number of amides is 3. The topological polar surface area (TPSA) is 88.8 Å². The van der Waals surface area contributed by atoms with Gasteiger partial charge in [-0.15, -0.1) is 0 Å². The number of pyridine rings is 1. The van der Waals surface area contributed by atoms with Crippen LogP contribution in [0.3, 0.4) is 0 Å². The molecule has 2 aliphatic heterocycles. The van der Waals surface area contributed by atoms with Crippen molar-refractivity contribution in [2.75, 3.05) is 26.2 Å². The Labute approximate surface area is 148 Å². The molecule has 7 nitrogen and oxygen atoms in total. The summed E-state index contributed by atoms with van der Waals surface area (Å²) in [5.74, 6) is 0.0290. The van der Waals surface area contributed by atoms with Crippen LogP contribution in [0.2, 0.25) is 0 Å². The average Bonchev–Trinajstić information content (AvgIpc) is 2.67. The van der Waals surface area contributed by atoms with Crippen LogP contribution in [0.4, 0.5) is 4.79 Å². The molecule has 0 saturated carbocycles. The second-order valence-electron chi connectivity index (χ2n) is 6.78. The van der Waals surface area contributed by atoms with E-state index >= 15 is 0 Å². The molecule has 0 bridgehead atoms. The maximum Gasteiger partial charge on any atom is 0.314 e. The van der Waals surface area contributed by atoms with Crippen molar-refractivity contribution in [2.24, 2.45) is 11.7 Å². The summed E-state index contributed by atoms with van der Waals surface area (Å²) in [6.45, 7) is 3.03. The highest BCUT2D eigenvalue weighted by Crippen LogP contribution is 2.22. The summed E-state index contributed by atoms with van der Waals surface area (Å²) in [5, 5.41) is 0. The van der Waals surface area contributed by atoms with Gasteiger partial charge in [-0.2, -0.15) is 0 Å². The van der Waals surface area contributed by atoms with Gasteiger partial charge in [-0.25, -0.2) is 4.79 Å². The molecule has 3 heterocycles. The van der Waals surface area contributed by atoms with Gasteiger partial charge in [0.2, 0.25) is 5.91 Å². The first-order chi connectivity index (χ1) is 12.1. The molecule has 0 aromatic carbocycles. The van der Waals surface area contributed by atoms with Crippen molar-refractivity contribution in [3.63, 3.8) is 0 Å². The molecule has 1 aromatic rings. The third kappa shape index (κ3) is 4.69. The van der Waals surface area contributed by atoms with Crippen LogP contribution in [-0.2, 0) is 16.1 Å². The number of nitrogens with zero attached hydrogens (tertiary/aromatic N) is 3. The van der Waals surface area contributed by atoms with Crippen LogP contribution < -0.4 is 5.73 Å². The molecule has 3 amide bonds. The highest BCUT2D eigenvalue weighted by atomic mass is 16.5. The van der Waals surface area contributed by atoms with Crippen LogP contribution in [0.5, 0.6) is 0 Å². The number of rotatable bonds is 4. The quantitative estimate of drug-likeness (QED) is 0.892. The maximum absolute atomic E-state index is 12.7. The number of carbonyl (C=O) groups excluding carboxylic acids is 2. The minimum absolute atomic E-state index is 0.118. The minimum Gasteiger partial charge on any atom is -0.372 e. The molecule has 7 heteroatoms. The fourth-order valence-corrected chi connectivity index (χ4v) is 3.57. The zero-order valence-electron chi connectivity index (χ0n) is 14.5. The Hall–Kier alpha value is -2.15. The molecule has 1 atom stereocenters. The number of likely N-dealkylation sites (tertiary alicyclic amines) is 2. The molecule has 25 heavy (non-hydrogen) atoms. The van der Waals surface area contributed by atoms with E-state index in [1.165, 1.54) is 0 Å². The van der Waals surface area contributed by atoms with Crippen LogP contribution in [0.25, 0.3) is 0 Å². The molecule has 2 aliphatic rings. The van der Waals surface area contributed by atoms with E-state index in [1.54, 1.807) is 11.1 Å². The lowest BCUT2D eigenvalue weighted by Gasteiger charge is -2.37. The van der Waals surface area contributed by atoms with E-state index < -0.39 is 6.03 Å². The molecule has 1 aromatic heterocycles. The summed E-state index contributed by atoms with van der Waals surface area (Å²) >= 11 is 0. The van der Waals surface area contributed by atoms with Crippen LogP contribution in [0, 0.1) is 5.92 Å². The van der Waals surface area contributed by atoms with Gasteiger partial charge in [0.1, 0.15) is 0 Å². The molecule has 136 valence electrons. The zero-order chi connectivity index (χ0) is 17.6. The molecular weight excluding hydrogens is 320 g/mol. The van der Waals surface area contributed by atoms with Gasteiger partial charge in [0.05, 0.1) is 24.3 Å². The summed E-state index contributed by atoms with van der Waals surface area (Å²) in [7, 11) is 0. The van der Waals surface area contributed by atoms with Crippen molar-refractivity contribution in [1.82, 2.24) is 14.8 Å². The molecule has 3 rings (SSSR count). The van der Waals surface area contributed by atoms with Gasteiger partial charge in [0, 0.05) is 32.4 Å². The van der Waals surface area contributed by atoms with Gasteiger partial charge in [-0.1, -0.05) is 6.07 Å². The predicted molar refractivity (Wildman–Crippen MR) is 92.5 cm³/mol. The summed E-state index contributed by atoms with van der Waals surface area (Å²) in [5.41, 5.74) is 6.27. The number of urea groups is 1. The molecule has 2 saturated heterocycles. The molecule has 0 unspecified atom stereocenters. The van der Waals surface area contributed by atoms with E-state index in [0.717, 1.165) is 31.4 Å². The summed E-state index contributed by atoms with van der Waals surface area (Å²) in [4.78, 5) is 31.8. The second-order valence-corrected chi connectivity index (χ2v) is 6.78. The highest BCUT2D eigenvalue weighted by Gasteiger charge is 2.32. The first-order valence-electron chi connectivity index (χ1n) is 8.98. The number of hydrogen-bond acceptors (Lipinski definition) is 4. The number of aromatic nitrogens is 1. The fraction of sp³-hybridized carbons (Fsp3) is 0.611. The third-order valence-electron chi connectivity index (χ3n) is 5.03. The van der Waals surface area contributed by atoms with Crippen molar-refractivity contribution < 1.29 is 14.3 Å². The summed E-state index contributed by atoms with van der Waals surface area (Å²) in [6.07, 6.45) is 5.27. The largest absolute Gasteiger partial charge is 0.372 e. The molecule has 0 radical (unpaired) electrons. The number of hydrogen-bond donors (Lipinski definition) is 1. The number of carbonyl (C=O) groups is 2. The van der Waals surface area contributed by atoms with Gasteiger partial charge in [-0.3, -0.25) is 9.78 Å². The van der Waals surface area contributed by atoms with Crippen molar-refractivity contribution in [3.05, 3.63) is 30.1 Å². The summed E-state index contributed by atoms with van der Waals surface area (Å²) < 4.78 is 5.92. The monoisotopic (exact) mass is 346 g/mol. The number of primary amides is 1. The normalized spacial score (nSPS) is 22.0. The van der Waals surface area contributed by atoms with Gasteiger partial charge < -0.3 is 20.3 Å². The lowest BCUT2D eigenvalue weighted by Crippen LogP contribution is -2.50. The van der Waals surface area contributed by atoms with Crippen LogP contribution in [-0.4, -0.2) is 59.0 Å². The lowest BCUT2D eigenvalue weighted by molar-refractivity contribution is -0.139. The number of piperidine rings is 2. The van der Waals surface area contributed by atoms with Gasteiger partial charge in [-0.05, 0) is 37.8 Å². The molecule has 2 fully saturated rings. The van der Waals surface area contributed by atoms with E-state index in [1.807, 2.05) is 23.1 Å². The fourth-order valence-electron chi connectivity index (χ4n) is 3.57. The minimum atomic E-state index is -0.431. The smallest absolute Gasteiger partial charge is 0.314 e. The van der Waals surface area contributed by atoms with E-state index in [4.69, 9.17) is 10.5 Å². The average molecular weight is 346 g/mol. The Kier molecular flexibility index (Phi) is 5.86. The van der Waals surface area contributed by atoms with Crippen molar-refractivity contribution in [1.29, 1.82) is 0 Å².